The van der Waals surface area contributed by atoms with Crippen molar-refractivity contribution in [3.63, 3.8) is 0 Å². The van der Waals surface area contributed by atoms with E-state index in [0.717, 1.165) is 31.7 Å². The molecule has 1 fully saturated rings. The fourth-order valence-corrected chi connectivity index (χ4v) is 3.52. The molecule has 2 heterocycles. The van der Waals surface area contributed by atoms with E-state index in [1.807, 2.05) is 0 Å². The van der Waals surface area contributed by atoms with Crippen LogP contribution in [-0.4, -0.2) is 58.7 Å². The van der Waals surface area contributed by atoms with E-state index in [1.165, 1.54) is 12.1 Å². The smallest absolute Gasteiger partial charge is 0.238 e. The first-order valence-corrected chi connectivity index (χ1v) is 9.36. The van der Waals surface area contributed by atoms with Crippen LogP contribution >= 0.6 is 11.6 Å². The van der Waals surface area contributed by atoms with Crippen molar-refractivity contribution in [3.05, 3.63) is 52.8 Å². The van der Waals surface area contributed by atoms with E-state index in [4.69, 9.17) is 16.2 Å². The van der Waals surface area contributed by atoms with Crippen molar-refractivity contribution in [2.75, 3.05) is 38.0 Å². The van der Waals surface area contributed by atoms with E-state index in [0.29, 0.717) is 34.8 Å². The van der Waals surface area contributed by atoms with Crippen molar-refractivity contribution in [3.8, 4) is 0 Å². The predicted octanol–water partition coefficient (Wildman–Crippen LogP) is 2.77. The summed E-state index contributed by atoms with van der Waals surface area (Å²) in [6.07, 6.45) is 0. The average molecular weight is 404 g/mol. The number of piperazine rings is 1. The van der Waals surface area contributed by atoms with E-state index in [9.17, 15) is 9.18 Å². The molecule has 7 nitrogen and oxygen atoms in total. The van der Waals surface area contributed by atoms with Crippen molar-refractivity contribution in [1.82, 2.24) is 20.1 Å². The van der Waals surface area contributed by atoms with E-state index in [-0.39, 0.29) is 11.7 Å². The Kier molecular flexibility index (Phi) is 5.52. The number of halogens is 2. The van der Waals surface area contributed by atoms with Crippen molar-refractivity contribution in [2.24, 2.45) is 0 Å². The topological polar surface area (TPSA) is 74.5 Å². The van der Waals surface area contributed by atoms with Crippen LogP contribution in [0, 0.1) is 5.82 Å². The predicted molar refractivity (Wildman–Crippen MR) is 104 cm³/mol. The maximum Gasteiger partial charge on any atom is 0.238 e. The van der Waals surface area contributed by atoms with Gasteiger partial charge in [-0.05, 0) is 40.1 Å². The fraction of sp³-hybridized carbons (Fsp3) is 0.316. The van der Waals surface area contributed by atoms with Crippen LogP contribution in [0.25, 0.3) is 11.0 Å². The summed E-state index contributed by atoms with van der Waals surface area (Å²) in [7, 11) is 0. The van der Waals surface area contributed by atoms with Gasteiger partial charge in [-0.15, -0.1) is 0 Å². The molecule has 0 aliphatic carbocycles. The minimum absolute atomic E-state index is 0.106. The maximum atomic E-state index is 13.2. The number of carbonyl (C=O) groups excluding carboxylic acids is 1. The SMILES string of the molecule is O=C(CN1CCN(Cc2ccc(F)cc2Cl)CC1)Nc1cccc2nonc12. The number of nitrogens with zero attached hydrogens (tertiary/aromatic N) is 4. The van der Waals surface area contributed by atoms with Gasteiger partial charge in [0.15, 0.2) is 5.52 Å². The summed E-state index contributed by atoms with van der Waals surface area (Å²) in [6.45, 7) is 4.12. The van der Waals surface area contributed by atoms with Crippen molar-refractivity contribution >= 4 is 34.2 Å². The molecule has 28 heavy (non-hydrogen) atoms. The normalized spacial score (nSPS) is 15.8. The Bertz CT molecular complexity index is 987. The summed E-state index contributed by atoms with van der Waals surface area (Å²) >= 11 is 6.11. The van der Waals surface area contributed by atoms with Crippen LogP contribution in [0.2, 0.25) is 5.02 Å². The minimum Gasteiger partial charge on any atom is -0.323 e. The number of fused-ring (bicyclic) bond motifs is 1. The fourth-order valence-electron chi connectivity index (χ4n) is 3.30. The standard InChI is InChI=1S/C19H19ClFN5O2/c20-15-10-14(21)5-4-13(15)11-25-6-8-26(9-7-25)12-18(27)22-16-2-1-3-17-19(16)24-28-23-17/h1-5,10H,6-9,11-12H2,(H,22,27). The summed E-state index contributed by atoms with van der Waals surface area (Å²) in [5.74, 6) is -0.438. The molecule has 9 heteroatoms. The molecule has 1 aliphatic rings. The molecule has 1 N–H and O–H groups in total. The summed E-state index contributed by atoms with van der Waals surface area (Å²) in [5.41, 5.74) is 2.64. The summed E-state index contributed by atoms with van der Waals surface area (Å²) in [4.78, 5) is 16.7. The molecule has 3 aromatic rings. The largest absolute Gasteiger partial charge is 0.323 e. The zero-order chi connectivity index (χ0) is 19.5. The van der Waals surface area contributed by atoms with E-state index < -0.39 is 0 Å². The first kappa shape index (κ1) is 18.8. The molecule has 1 aromatic heterocycles. The Morgan fingerprint density at radius 3 is 2.71 bits per heavy atom. The summed E-state index contributed by atoms with van der Waals surface area (Å²) in [6, 6.07) is 9.82. The number of benzene rings is 2. The zero-order valence-corrected chi connectivity index (χ0v) is 15.8. The monoisotopic (exact) mass is 403 g/mol. The molecule has 0 bridgehead atoms. The van der Waals surface area contributed by atoms with Gasteiger partial charge >= 0.3 is 0 Å². The molecule has 0 saturated carbocycles. The van der Waals surface area contributed by atoms with Gasteiger partial charge in [0.25, 0.3) is 0 Å². The van der Waals surface area contributed by atoms with Crippen LogP contribution in [0.4, 0.5) is 10.1 Å². The van der Waals surface area contributed by atoms with Gasteiger partial charge < -0.3 is 5.32 Å². The van der Waals surface area contributed by atoms with Crippen LogP contribution in [0.15, 0.2) is 41.0 Å². The van der Waals surface area contributed by atoms with Gasteiger partial charge in [0.1, 0.15) is 11.3 Å². The number of hydrogen-bond donors (Lipinski definition) is 1. The number of hydrogen-bond acceptors (Lipinski definition) is 6. The van der Waals surface area contributed by atoms with Crippen molar-refractivity contribution in [1.29, 1.82) is 0 Å². The third kappa shape index (κ3) is 4.30. The first-order chi connectivity index (χ1) is 13.6. The van der Waals surface area contributed by atoms with Crippen LogP contribution in [-0.2, 0) is 11.3 Å². The second kappa shape index (κ2) is 8.22. The highest BCUT2D eigenvalue weighted by molar-refractivity contribution is 6.31. The average Bonchev–Trinajstić information content (AvgIpc) is 3.15. The molecule has 146 valence electrons. The van der Waals surface area contributed by atoms with Crippen LogP contribution in [0.3, 0.4) is 0 Å². The Balaban J connectivity index is 1.28. The summed E-state index contributed by atoms with van der Waals surface area (Å²) < 4.78 is 17.9. The van der Waals surface area contributed by atoms with Gasteiger partial charge in [0.2, 0.25) is 5.91 Å². The van der Waals surface area contributed by atoms with Crippen LogP contribution in [0.1, 0.15) is 5.56 Å². The number of aromatic nitrogens is 2. The maximum absolute atomic E-state index is 13.2. The second-order valence-corrected chi connectivity index (χ2v) is 7.18. The molecule has 4 rings (SSSR count). The Hall–Kier alpha value is -2.55. The molecule has 1 saturated heterocycles. The quantitative estimate of drug-likeness (QED) is 0.706. The number of rotatable bonds is 5. The number of carbonyl (C=O) groups is 1. The molecule has 0 atom stereocenters. The van der Waals surface area contributed by atoms with Gasteiger partial charge in [-0.1, -0.05) is 23.7 Å². The molecule has 0 unspecified atom stereocenters. The van der Waals surface area contributed by atoms with Crippen molar-refractivity contribution in [2.45, 2.75) is 6.54 Å². The molecule has 1 amide bonds. The van der Waals surface area contributed by atoms with E-state index in [1.54, 1.807) is 24.3 Å². The van der Waals surface area contributed by atoms with Gasteiger partial charge in [-0.2, -0.15) is 0 Å². The number of amides is 1. The molecule has 0 radical (unpaired) electrons. The number of anilines is 1. The molecule has 0 spiro atoms. The van der Waals surface area contributed by atoms with E-state index in [2.05, 4.69) is 25.4 Å². The Morgan fingerprint density at radius 1 is 1.14 bits per heavy atom. The van der Waals surface area contributed by atoms with Crippen LogP contribution < -0.4 is 5.32 Å². The Morgan fingerprint density at radius 2 is 1.93 bits per heavy atom. The molecular weight excluding hydrogens is 385 g/mol. The second-order valence-electron chi connectivity index (χ2n) is 6.77. The van der Waals surface area contributed by atoms with Gasteiger partial charge in [-0.25, -0.2) is 9.02 Å². The molecule has 2 aromatic carbocycles. The third-order valence-corrected chi connectivity index (χ3v) is 5.15. The minimum atomic E-state index is -0.332. The van der Waals surface area contributed by atoms with Gasteiger partial charge in [0.05, 0.1) is 12.2 Å². The lowest BCUT2D eigenvalue weighted by Gasteiger charge is -2.34. The lowest BCUT2D eigenvalue weighted by molar-refractivity contribution is -0.117. The highest BCUT2D eigenvalue weighted by Gasteiger charge is 2.20. The summed E-state index contributed by atoms with van der Waals surface area (Å²) in [5, 5.41) is 10.9. The first-order valence-electron chi connectivity index (χ1n) is 8.98. The van der Waals surface area contributed by atoms with Crippen LogP contribution in [0.5, 0.6) is 0 Å². The van der Waals surface area contributed by atoms with Gasteiger partial charge in [-0.3, -0.25) is 14.6 Å². The highest BCUT2D eigenvalue weighted by Crippen LogP contribution is 2.21. The zero-order valence-electron chi connectivity index (χ0n) is 15.1. The number of nitrogens with one attached hydrogen (secondary N) is 1. The highest BCUT2D eigenvalue weighted by atomic mass is 35.5. The lowest BCUT2D eigenvalue weighted by atomic mass is 10.2. The van der Waals surface area contributed by atoms with E-state index >= 15 is 0 Å². The molecule has 1 aliphatic heterocycles. The molecular formula is C19H19ClFN5O2. The Labute approximate surface area is 166 Å². The third-order valence-electron chi connectivity index (χ3n) is 4.80. The van der Waals surface area contributed by atoms with Gasteiger partial charge in [0, 0.05) is 37.7 Å². The lowest BCUT2D eigenvalue weighted by Crippen LogP contribution is -2.48. The van der Waals surface area contributed by atoms with Crippen molar-refractivity contribution < 1.29 is 13.8 Å².